The summed E-state index contributed by atoms with van der Waals surface area (Å²) in [5.74, 6) is 0.311. The summed E-state index contributed by atoms with van der Waals surface area (Å²) < 4.78 is 6.77. The van der Waals surface area contributed by atoms with Crippen molar-refractivity contribution in [1.82, 2.24) is 4.98 Å². The monoisotopic (exact) mass is 523 g/mol. The molecule has 0 bridgehead atoms. The SMILES string of the molecule is CCCCCCOc1ccc(/C=C(\C#N)C(=O)Nc2ncc(Cc3ccc(Br)cc3)s2)cc1. The molecule has 1 heterocycles. The first-order valence-corrected chi connectivity index (χ1v) is 12.5. The van der Waals surface area contributed by atoms with Crippen LogP contribution in [0.2, 0.25) is 0 Å². The van der Waals surface area contributed by atoms with Crippen LogP contribution < -0.4 is 10.1 Å². The summed E-state index contributed by atoms with van der Waals surface area (Å²) in [7, 11) is 0. The second-order valence-electron chi connectivity index (χ2n) is 7.54. The van der Waals surface area contributed by atoms with E-state index in [9.17, 15) is 10.1 Å². The van der Waals surface area contributed by atoms with Crippen molar-refractivity contribution >= 4 is 44.4 Å². The van der Waals surface area contributed by atoms with E-state index in [-0.39, 0.29) is 5.57 Å². The predicted octanol–water partition coefficient (Wildman–Crippen LogP) is 7.00. The van der Waals surface area contributed by atoms with Crippen LogP contribution in [-0.2, 0) is 11.2 Å². The van der Waals surface area contributed by atoms with E-state index in [2.05, 4.69) is 33.2 Å². The largest absolute Gasteiger partial charge is 0.494 e. The Morgan fingerprint density at radius 3 is 2.61 bits per heavy atom. The predicted molar refractivity (Wildman–Crippen MR) is 137 cm³/mol. The second-order valence-corrected chi connectivity index (χ2v) is 9.57. The molecule has 0 fully saturated rings. The van der Waals surface area contributed by atoms with Crippen LogP contribution in [0.1, 0.15) is 48.6 Å². The van der Waals surface area contributed by atoms with Crippen molar-refractivity contribution in [2.75, 3.05) is 11.9 Å². The van der Waals surface area contributed by atoms with Gasteiger partial charge in [-0.2, -0.15) is 5.26 Å². The van der Waals surface area contributed by atoms with E-state index < -0.39 is 5.91 Å². The number of aromatic nitrogens is 1. The minimum Gasteiger partial charge on any atom is -0.494 e. The van der Waals surface area contributed by atoms with E-state index in [0.29, 0.717) is 11.7 Å². The van der Waals surface area contributed by atoms with Crippen molar-refractivity contribution in [2.24, 2.45) is 0 Å². The lowest BCUT2D eigenvalue weighted by atomic mass is 10.1. The van der Waals surface area contributed by atoms with E-state index in [0.717, 1.165) is 39.1 Å². The van der Waals surface area contributed by atoms with E-state index in [4.69, 9.17) is 4.74 Å². The van der Waals surface area contributed by atoms with E-state index in [1.165, 1.54) is 30.6 Å². The fourth-order valence-corrected chi connectivity index (χ4v) is 4.22. The number of unbranched alkanes of at least 4 members (excludes halogenated alkanes) is 3. The minimum atomic E-state index is -0.474. The van der Waals surface area contributed by atoms with Crippen LogP contribution >= 0.6 is 27.3 Å². The molecule has 0 unspecified atom stereocenters. The molecule has 1 N–H and O–H groups in total. The molecule has 0 saturated heterocycles. The van der Waals surface area contributed by atoms with Crippen LogP contribution in [0, 0.1) is 11.3 Å². The van der Waals surface area contributed by atoms with Crippen LogP contribution in [-0.4, -0.2) is 17.5 Å². The summed E-state index contributed by atoms with van der Waals surface area (Å²) >= 11 is 4.83. The molecule has 2 aromatic carbocycles. The maximum Gasteiger partial charge on any atom is 0.268 e. The number of ether oxygens (including phenoxy) is 1. The van der Waals surface area contributed by atoms with E-state index in [1.807, 2.05) is 54.6 Å². The van der Waals surface area contributed by atoms with Crippen molar-refractivity contribution in [1.29, 1.82) is 5.26 Å². The van der Waals surface area contributed by atoms with E-state index in [1.54, 1.807) is 12.3 Å². The minimum absolute atomic E-state index is 0.0212. The Kier molecular flexibility index (Phi) is 9.67. The van der Waals surface area contributed by atoms with Gasteiger partial charge in [0.25, 0.3) is 5.91 Å². The van der Waals surface area contributed by atoms with Crippen LogP contribution in [0.5, 0.6) is 5.75 Å². The third kappa shape index (κ3) is 8.16. The molecule has 3 aromatic rings. The number of anilines is 1. The molecule has 0 aliphatic rings. The normalized spacial score (nSPS) is 11.1. The van der Waals surface area contributed by atoms with Crippen LogP contribution in [0.3, 0.4) is 0 Å². The third-order valence-electron chi connectivity index (χ3n) is 4.89. The zero-order valence-electron chi connectivity index (χ0n) is 18.5. The van der Waals surface area contributed by atoms with Gasteiger partial charge in [0.1, 0.15) is 17.4 Å². The first kappa shape index (κ1) is 24.7. The molecule has 0 saturated carbocycles. The van der Waals surface area contributed by atoms with Crippen LogP contribution in [0.15, 0.2) is 64.8 Å². The Morgan fingerprint density at radius 1 is 1.15 bits per heavy atom. The molecule has 0 aliphatic heterocycles. The molecule has 5 nitrogen and oxygen atoms in total. The van der Waals surface area contributed by atoms with Gasteiger partial charge >= 0.3 is 0 Å². The highest BCUT2D eigenvalue weighted by Crippen LogP contribution is 2.23. The van der Waals surface area contributed by atoms with Crippen molar-refractivity contribution in [2.45, 2.75) is 39.0 Å². The highest BCUT2D eigenvalue weighted by atomic mass is 79.9. The lowest BCUT2D eigenvalue weighted by Gasteiger charge is -2.06. The molecule has 1 aromatic heterocycles. The number of nitriles is 1. The Labute approximate surface area is 207 Å². The average Bonchev–Trinajstić information content (AvgIpc) is 3.26. The lowest BCUT2D eigenvalue weighted by Crippen LogP contribution is -2.13. The third-order valence-corrected chi connectivity index (χ3v) is 6.33. The number of rotatable bonds is 11. The number of carbonyl (C=O) groups excluding carboxylic acids is 1. The topological polar surface area (TPSA) is 75.0 Å². The maximum absolute atomic E-state index is 12.6. The Bertz CT molecular complexity index is 1120. The Balaban J connectivity index is 1.56. The zero-order chi connectivity index (χ0) is 23.5. The molecule has 0 radical (unpaired) electrons. The highest BCUT2D eigenvalue weighted by Gasteiger charge is 2.12. The Hall–Kier alpha value is -2.95. The first-order chi connectivity index (χ1) is 16.1. The van der Waals surface area contributed by atoms with Gasteiger partial charge in [-0.15, -0.1) is 11.3 Å². The molecule has 7 heteroatoms. The highest BCUT2D eigenvalue weighted by molar-refractivity contribution is 9.10. The van der Waals surface area contributed by atoms with Gasteiger partial charge in [0.05, 0.1) is 6.61 Å². The molecular formula is C26H26BrN3O2S. The number of hydrogen-bond donors (Lipinski definition) is 1. The van der Waals surface area contributed by atoms with Gasteiger partial charge in [0, 0.05) is 22.0 Å². The zero-order valence-corrected chi connectivity index (χ0v) is 20.9. The Morgan fingerprint density at radius 2 is 1.91 bits per heavy atom. The quantitative estimate of drug-likeness (QED) is 0.167. The second kappa shape index (κ2) is 12.9. The average molecular weight is 524 g/mol. The fourth-order valence-electron chi connectivity index (χ4n) is 3.11. The molecule has 33 heavy (non-hydrogen) atoms. The number of nitrogens with zero attached hydrogens (tertiary/aromatic N) is 2. The standard InChI is InChI=1S/C26H26BrN3O2S/c1-2-3-4-5-14-32-23-12-8-19(9-13-23)15-21(17-28)25(31)30-26-29-18-24(33-26)16-20-6-10-22(27)11-7-20/h6-13,15,18H,2-5,14,16H2,1H3,(H,29,30,31)/b21-15+. The number of halogens is 1. The van der Waals surface area contributed by atoms with Crippen molar-refractivity contribution in [3.05, 3.63) is 80.8 Å². The van der Waals surface area contributed by atoms with Crippen LogP contribution in [0.4, 0.5) is 5.13 Å². The number of carbonyl (C=O) groups is 1. The molecule has 1 amide bonds. The van der Waals surface area contributed by atoms with Gasteiger partial charge in [-0.1, -0.05) is 66.4 Å². The van der Waals surface area contributed by atoms with Crippen LogP contribution in [0.25, 0.3) is 6.08 Å². The van der Waals surface area contributed by atoms with Crippen molar-refractivity contribution < 1.29 is 9.53 Å². The lowest BCUT2D eigenvalue weighted by molar-refractivity contribution is -0.112. The first-order valence-electron chi connectivity index (χ1n) is 10.9. The summed E-state index contributed by atoms with van der Waals surface area (Å²) in [5.41, 5.74) is 1.94. The number of amides is 1. The molecule has 170 valence electrons. The summed E-state index contributed by atoms with van der Waals surface area (Å²) in [4.78, 5) is 17.9. The summed E-state index contributed by atoms with van der Waals surface area (Å²) in [6.45, 7) is 2.88. The number of benzene rings is 2. The fraction of sp³-hybridized carbons (Fsp3) is 0.269. The summed E-state index contributed by atoms with van der Waals surface area (Å²) in [6, 6.07) is 17.4. The summed E-state index contributed by atoms with van der Waals surface area (Å²) in [6.07, 6.45) is 8.67. The molecule has 0 atom stereocenters. The molecule has 3 rings (SSSR count). The van der Waals surface area contributed by atoms with Crippen molar-refractivity contribution in [3.63, 3.8) is 0 Å². The van der Waals surface area contributed by atoms with Gasteiger partial charge in [-0.05, 0) is 47.9 Å². The smallest absolute Gasteiger partial charge is 0.268 e. The van der Waals surface area contributed by atoms with Crippen molar-refractivity contribution in [3.8, 4) is 11.8 Å². The van der Waals surface area contributed by atoms with Gasteiger partial charge in [-0.3, -0.25) is 10.1 Å². The molecule has 0 spiro atoms. The molecule has 0 aliphatic carbocycles. The van der Waals surface area contributed by atoms with Gasteiger partial charge in [0.15, 0.2) is 5.13 Å². The number of hydrogen-bond acceptors (Lipinski definition) is 5. The number of nitrogens with one attached hydrogen (secondary N) is 1. The van der Waals surface area contributed by atoms with Gasteiger partial charge < -0.3 is 4.74 Å². The summed E-state index contributed by atoms with van der Waals surface area (Å²) in [5, 5.41) is 12.7. The molecular weight excluding hydrogens is 498 g/mol. The number of thiazole rings is 1. The maximum atomic E-state index is 12.6. The van der Waals surface area contributed by atoms with Gasteiger partial charge in [0.2, 0.25) is 0 Å². The van der Waals surface area contributed by atoms with E-state index >= 15 is 0 Å². The van der Waals surface area contributed by atoms with Gasteiger partial charge in [-0.25, -0.2) is 4.98 Å².